The van der Waals surface area contributed by atoms with Crippen molar-refractivity contribution in [3.05, 3.63) is 58.5 Å². The minimum atomic E-state index is -0.481. The molecule has 0 saturated heterocycles. The molecule has 0 spiro atoms. The molecule has 0 bridgehead atoms. The number of amides is 1. The van der Waals surface area contributed by atoms with Crippen molar-refractivity contribution >= 4 is 33.6 Å². The fourth-order valence-corrected chi connectivity index (χ4v) is 1.80. The van der Waals surface area contributed by atoms with E-state index in [2.05, 4.69) is 21.2 Å². The standard InChI is InChI=1S/C14H9BrN2O2/c15-12-5-1-2-6-13(12)17-14(18)10(9-16)8-11-4-3-7-19-11/h1-8H,(H,17,18). The van der Waals surface area contributed by atoms with Gasteiger partial charge in [0, 0.05) is 10.5 Å². The summed E-state index contributed by atoms with van der Waals surface area (Å²) in [5.74, 6) is -0.0235. The lowest BCUT2D eigenvalue weighted by atomic mass is 10.2. The molecule has 4 nitrogen and oxygen atoms in total. The minimum Gasteiger partial charge on any atom is -0.465 e. The van der Waals surface area contributed by atoms with E-state index in [9.17, 15) is 4.79 Å². The molecule has 0 atom stereocenters. The van der Waals surface area contributed by atoms with Gasteiger partial charge in [-0.3, -0.25) is 4.79 Å². The zero-order valence-electron chi connectivity index (χ0n) is 9.76. The van der Waals surface area contributed by atoms with E-state index in [0.29, 0.717) is 11.4 Å². The summed E-state index contributed by atoms with van der Waals surface area (Å²) in [6, 6.07) is 12.4. The maximum absolute atomic E-state index is 12.0. The van der Waals surface area contributed by atoms with E-state index in [-0.39, 0.29) is 5.57 Å². The SMILES string of the molecule is N#CC(=Cc1ccco1)C(=O)Nc1ccccc1Br. The van der Waals surface area contributed by atoms with Gasteiger partial charge in [0.25, 0.3) is 5.91 Å². The van der Waals surface area contributed by atoms with Gasteiger partial charge in [-0.1, -0.05) is 12.1 Å². The van der Waals surface area contributed by atoms with E-state index in [1.54, 1.807) is 30.3 Å². The number of rotatable bonds is 3. The number of anilines is 1. The molecule has 1 amide bonds. The lowest BCUT2D eigenvalue weighted by Crippen LogP contribution is -2.13. The first-order valence-electron chi connectivity index (χ1n) is 5.42. The van der Waals surface area contributed by atoms with Crippen molar-refractivity contribution in [1.29, 1.82) is 5.26 Å². The topological polar surface area (TPSA) is 66.0 Å². The van der Waals surface area contributed by atoms with Gasteiger partial charge >= 0.3 is 0 Å². The van der Waals surface area contributed by atoms with Crippen LogP contribution in [-0.2, 0) is 4.79 Å². The summed E-state index contributed by atoms with van der Waals surface area (Å²) in [5.41, 5.74) is 0.582. The summed E-state index contributed by atoms with van der Waals surface area (Å²) in [6.07, 6.45) is 2.87. The first-order chi connectivity index (χ1) is 9.20. The minimum absolute atomic E-state index is 0.0225. The van der Waals surface area contributed by atoms with Gasteiger partial charge in [0.1, 0.15) is 17.4 Å². The number of hydrogen-bond donors (Lipinski definition) is 1. The summed E-state index contributed by atoms with van der Waals surface area (Å²) in [4.78, 5) is 12.0. The van der Waals surface area contributed by atoms with Crippen molar-refractivity contribution in [2.75, 3.05) is 5.32 Å². The second-order valence-corrected chi connectivity index (χ2v) is 4.47. The van der Waals surface area contributed by atoms with Gasteiger partial charge < -0.3 is 9.73 Å². The number of nitrogens with zero attached hydrogens (tertiary/aromatic N) is 1. The van der Waals surface area contributed by atoms with Gasteiger partial charge in [-0.2, -0.15) is 5.26 Å². The number of carbonyl (C=O) groups is 1. The van der Waals surface area contributed by atoms with Gasteiger partial charge in [0.05, 0.1) is 12.0 Å². The largest absolute Gasteiger partial charge is 0.465 e. The Bertz CT molecular complexity index is 654. The van der Waals surface area contributed by atoms with Crippen LogP contribution >= 0.6 is 15.9 Å². The van der Waals surface area contributed by atoms with Gasteiger partial charge in [-0.15, -0.1) is 0 Å². The highest BCUT2D eigenvalue weighted by Crippen LogP contribution is 2.22. The zero-order chi connectivity index (χ0) is 13.7. The Morgan fingerprint density at radius 1 is 1.32 bits per heavy atom. The molecule has 1 N–H and O–H groups in total. The van der Waals surface area contributed by atoms with E-state index >= 15 is 0 Å². The molecule has 1 heterocycles. The fraction of sp³-hybridized carbons (Fsp3) is 0. The predicted molar refractivity (Wildman–Crippen MR) is 75.1 cm³/mol. The molecule has 0 saturated carbocycles. The van der Waals surface area contributed by atoms with Crippen LogP contribution in [0.15, 0.2) is 57.1 Å². The van der Waals surface area contributed by atoms with Crippen LogP contribution in [0.1, 0.15) is 5.76 Å². The van der Waals surface area contributed by atoms with Crippen LogP contribution in [0.5, 0.6) is 0 Å². The van der Waals surface area contributed by atoms with E-state index in [0.717, 1.165) is 4.47 Å². The Kier molecular flexibility index (Phi) is 4.16. The van der Waals surface area contributed by atoms with Crippen LogP contribution in [0, 0.1) is 11.3 Å². The highest BCUT2D eigenvalue weighted by molar-refractivity contribution is 9.10. The van der Waals surface area contributed by atoms with E-state index < -0.39 is 5.91 Å². The molecule has 2 aromatic rings. The molecule has 5 heteroatoms. The van der Waals surface area contributed by atoms with Crippen molar-refractivity contribution in [3.8, 4) is 6.07 Å². The number of nitriles is 1. The predicted octanol–water partition coefficient (Wildman–Crippen LogP) is 3.59. The number of furan rings is 1. The molecule has 1 aromatic carbocycles. The third-order valence-corrected chi connectivity index (χ3v) is 3.01. The number of carbonyl (C=O) groups excluding carboxylic acids is 1. The summed E-state index contributed by atoms with van der Waals surface area (Å²) in [5, 5.41) is 11.7. The number of nitrogens with one attached hydrogen (secondary N) is 1. The molecular formula is C14H9BrN2O2. The Labute approximate surface area is 118 Å². The molecule has 19 heavy (non-hydrogen) atoms. The Balaban J connectivity index is 2.19. The van der Waals surface area contributed by atoms with Gasteiger partial charge in [-0.05, 0) is 40.2 Å². The highest BCUT2D eigenvalue weighted by Gasteiger charge is 2.11. The normalized spacial score (nSPS) is 10.8. The van der Waals surface area contributed by atoms with Gasteiger partial charge in [-0.25, -0.2) is 0 Å². The van der Waals surface area contributed by atoms with Crippen molar-refractivity contribution in [1.82, 2.24) is 0 Å². The third kappa shape index (κ3) is 3.33. The van der Waals surface area contributed by atoms with Crippen molar-refractivity contribution in [2.24, 2.45) is 0 Å². The first kappa shape index (κ1) is 13.1. The maximum Gasteiger partial charge on any atom is 0.266 e. The van der Waals surface area contributed by atoms with Gasteiger partial charge in [0.15, 0.2) is 0 Å². The van der Waals surface area contributed by atoms with Crippen molar-refractivity contribution in [3.63, 3.8) is 0 Å². The summed E-state index contributed by atoms with van der Waals surface area (Å²) in [6.45, 7) is 0. The van der Waals surface area contributed by atoms with E-state index in [1.165, 1.54) is 12.3 Å². The lowest BCUT2D eigenvalue weighted by molar-refractivity contribution is -0.112. The molecule has 1 aromatic heterocycles. The molecule has 0 fully saturated rings. The molecule has 0 unspecified atom stereocenters. The first-order valence-corrected chi connectivity index (χ1v) is 6.21. The van der Waals surface area contributed by atoms with Gasteiger partial charge in [0.2, 0.25) is 0 Å². The maximum atomic E-state index is 12.0. The molecule has 0 aliphatic carbocycles. The van der Waals surface area contributed by atoms with Crippen LogP contribution in [-0.4, -0.2) is 5.91 Å². The Hall–Kier alpha value is -2.32. The summed E-state index contributed by atoms with van der Waals surface area (Å²) in [7, 11) is 0. The Morgan fingerprint density at radius 2 is 2.11 bits per heavy atom. The second kappa shape index (κ2) is 6.03. The monoisotopic (exact) mass is 316 g/mol. The van der Waals surface area contributed by atoms with Crippen LogP contribution < -0.4 is 5.32 Å². The summed E-state index contributed by atoms with van der Waals surface area (Å²) < 4.78 is 5.82. The molecule has 94 valence electrons. The molecular weight excluding hydrogens is 308 g/mol. The second-order valence-electron chi connectivity index (χ2n) is 3.62. The van der Waals surface area contributed by atoms with Crippen LogP contribution in [0.25, 0.3) is 6.08 Å². The molecule has 2 rings (SSSR count). The fourth-order valence-electron chi connectivity index (χ4n) is 1.42. The third-order valence-electron chi connectivity index (χ3n) is 2.32. The van der Waals surface area contributed by atoms with Crippen LogP contribution in [0.3, 0.4) is 0 Å². The summed E-state index contributed by atoms with van der Waals surface area (Å²) >= 11 is 3.32. The Morgan fingerprint density at radius 3 is 2.74 bits per heavy atom. The number of benzene rings is 1. The quantitative estimate of drug-likeness (QED) is 0.695. The van der Waals surface area contributed by atoms with Crippen LogP contribution in [0.4, 0.5) is 5.69 Å². The average Bonchev–Trinajstić information content (AvgIpc) is 2.91. The van der Waals surface area contributed by atoms with Crippen LogP contribution in [0.2, 0.25) is 0 Å². The number of hydrogen-bond acceptors (Lipinski definition) is 3. The molecule has 0 aliphatic rings. The van der Waals surface area contributed by atoms with Crippen molar-refractivity contribution in [2.45, 2.75) is 0 Å². The van der Waals surface area contributed by atoms with E-state index in [1.807, 2.05) is 12.1 Å². The molecule has 0 radical (unpaired) electrons. The highest BCUT2D eigenvalue weighted by atomic mass is 79.9. The lowest BCUT2D eigenvalue weighted by Gasteiger charge is -2.05. The zero-order valence-corrected chi connectivity index (χ0v) is 11.3. The smallest absolute Gasteiger partial charge is 0.266 e. The van der Waals surface area contributed by atoms with Crippen molar-refractivity contribution < 1.29 is 9.21 Å². The average molecular weight is 317 g/mol. The number of para-hydroxylation sites is 1. The molecule has 0 aliphatic heterocycles. The number of halogens is 1. The van der Waals surface area contributed by atoms with E-state index in [4.69, 9.17) is 9.68 Å².